The summed E-state index contributed by atoms with van der Waals surface area (Å²) < 4.78 is 0. The minimum Gasteiger partial charge on any atom is -0.477 e. The van der Waals surface area contributed by atoms with E-state index in [2.05, 4.69) is 9.97 Å². The van der Waals surface area contributed by atoms with Gasteiger partial charge in [-0.15, -0.1) is 0 Å². The molecule has 0 aliphatic carbocycles. The minimum absolute atomic E-state index is 0.0114. The number of nitrogens with zero attached hydrogens (tertiary/aromatic N) is 3. The van der Waals surface area contributed by atoms with Gasteiger partial charge in [-0.3, -0.25) is 0 Å². The lowest BCUT2D eigenvalue weighted by Gasteiger charge is -2.25. The molecule has 0 spiro atoms. The van der Waals surface area contributed by atoms with Crippen molar-refractivity contribution in [1.29, 1.82) is 0 Å². The van der Waals surface area contributed by atoms with Gasteiger partial charge in [0.25, 0.3) is 0 Å². The second-order valence-electron chi connectivity index (χ2n) is 4.84. The third-order valence-corrected chi connectivity index (χ3v) is 3.52. The van der Waals surface area contributed by atoms with E-state index < -0.39 is 5.97 Å². The number of rotatable bonds is 4. The molecule has 1 unspecified atom stereocenters. The molecule has 5 nitrogen and oxygen atoms in total. The van der Waals surface area contributed by atoms with Crippen LogP contribution in [0.2, 0.25) is 5.02 Å². The highest BCUT2D eigenvalue weighted by Crippen LogP contribution is 2.25. The van der Waals surface area contributed by atoms with Crippen LogP contribution in [0, 0.1) is 6.92 Å². The predicted octanol–water partition coefficient (Wildman–Crippen LogP) is 3.33. The topological polar surface area (TPSA) is 66.3 Å². The Morgan fingerprint density at radius 3 is 2.67 bits per heavy atom. The fourth-order valence-electron chi connectivity index (χ4n) is 1.98. The van der Waals surface area contributed by atoms with Gasteiger partial charge >= 0.3 is 5.97 Å². The summed E-state index contributed by atoms with van der Waals surface area (Å²) in [4.78, 5) is 21.3. The number of hydrogen-bond donors (Lipinski definition) is 1. The summed E-state index contributed by atoms with van der Waals surface area (Å²) in [6.45, 7) is 3.73. The van der Waals surface area contributed by atoms with E-state index in [1.54, 1.807) is 6.92 Å². The molecule has 0 fully saturated rings. The van der Waals surface area contributed by atoms with E-state index in [1.165, 1.54) is 6.07 Å². The molecular weight excluding hydrogens is 290 g/mol. The molecule has 2 rings (SSSR count). The van der Waals surface area contributed by atoms with E-state index in [0.717, 1.165) is 5.56 Å². The fraction of sp³-hybridized carbons (Fsp3) is 0.267. The summed E-state index contributed by atoms with van der Waals surface area (Å²) in [7, 11) is 1.83. The minimum atomic E-state index is -1.06. The molecule has 0 aliphatic heterocycles. The molecule has 1 atom stereocenters. The van der Waals surface area contributed by atoms with Gasteiger partial charge in [-0.2, -0.15) is 0 Å². The Bertz CT molecular complexity index is 676. The summed E-state index contributed by atoms with van der Waals surface area (Å²) >= 11 is 6.00. The van der Waals surface area contributed by atoms with Crippen LogP contribution in [-0.2, 0) is 0 Å². The van der Waals surface area contributed by atoms with Crippen LogP contribution in [0.4, 0.5) is 5.95 Å². The van der Waals surface area contributed by atoms with E-state index in [9.17, 15) is 4.79 Å². The zero-order valence-corrected chi connectivity index (χ0v) is 12.8. The summed E-state index contributed by atoms with van der Waals surface area (Å²) in [6.07, 6.45) is 0. The molecule has 1 aromatic heterocycles. The molecule has 0 aliphatic rings. The molecule has 1 heterocycles. The second-order valence-corrected chi connectivity index (χ2v) is 5.28. The van der Waals surface area contributed by atoms with E-state index in [0.29, 0.717) is 16.7 Å². The van der Waals surface area contributed by atoms with Gasteiger partial charge in [-0.25, -0.2) is 14.8 Å². The number of aromatic carboxylic acids is 1. The Hall–Kier alpha value is -2.14. The molecular formula is C15H16ClN3O2. The number of carboxylic acid groups (broad SMARTS) is 1. The Labute approximate surface area is 128 Å². The van der Waals surface area contributed by atoms with Crippen LogP contribution < -0.4 is 4.90 Å². The molecule has 0 bridgehead atoms. The average molecular weight is 306 g/mol. The van der Waals surface area contributed by atoms with Crippen LogP contribution in [0.5, 0.6) is 0 Å². The van der Waals surface area contributed by atoms with E-state index in [-0.39, 0.29) is 11.7 Å². The number of carbonyl (C=O) groups is 1. The van der Waals surface area contributed by atoms with E-state index >= 15 is 0 Å². The third kappa shape index (κ3) is 3.49. The van der Waals surface area contributed by atoms with Crippen molar-refractivity contribution in [2.24, 2.45) is 0 Å². The maximum atomic E-state index is 11.1. The first-order valence-corrected chi connectivity index (χ1v) is 6.83. The van der Waals surface area contributed by atoms with Gasteiger partial charge < -0.3 is 10.0 Å². The fourth-order valence-corrected chi connectivity index (χ4v) is 2.18. The Kier molecular flexibility index (Phi) is 4.43. The van der Waals surface area contributed by atoms with Crippen molar-refractivity contribution in [3.05, 3.63) is 52.3 Å². The van der Waals surface area contributed by atoms with Gasteiger partial charge in [0.1, 0.15) is 0 Å². The molecule has 1 N–H and O–H groups in total. The molecule has 0 radical (unpaired) electrons. The van der Waals surface area contributed by atoms with Crippen molar-refractivity contribution < 1.29 is 9.90 Å². The van der Waals surface area contributed by atoms with Gasteiger partial charge in [-0.05, 0) is 37.6 Å². The number of aryl methyl sites for hydroxylation is 1. The predicted molar refractivity (Wildman–Crippen MR) is 82.0 cm³/mol. The molecule has 1 aromatic carbocycles. The molecule has 6 heteroatoms. The highest BCUT2D eigenvalue weighted by molar-refractivity contribution is 6.30. The average Bonchev–Trinajstić information content (AvgIpc) is 2.45. The number of anilines is 1. The molecule has 0 saturated carbocycles. The van der Waals surface area contributed by atoms with Gasteiger partial charge in [0.05, 0.1) is 6.04 Å². The van der Waals surface area contributed by atoms with Gasteiger partial charge in [0, 0.05) is 17.8 Å². The first kappa shape index (κ1) is 15.3. The maximum Gasteiger partial charge on any atom is 0.354 e. The molecule has 0 saturated heterocycles. The quantitative estimate of drug-likeness (QED) is 0.938. The SMILES string of the molecule is Cc1cc(C(=O)O)nc(N(C)C(C)c2cccc(Cl)c2)n1. The van der Waals surface area contributed by atoms with Gasteiger partial charge in [-0.1, -0.05) is 23.7 Å². The Morgan fingerprint density at radius 1 is 1.33 bits per heavy atom. The molecule has 21 heavy (non-hydrogen) atoms. The summed E-state index contributed by atoms with van der Waals surface area (Å²) in [6, 6.07) is 8.93. The number of halogens is 1. The van der Waals surface area contributed by atoms with Crippen LogP contribution in [0.25, 0.3) is 0 Å². The largest absolute Gasteiger partial charge is 0.477 e. The van der Waals surface area contributed by atoms with Crippen molar-refractivity contribution in [2.75, 3.05) is 11.9 Å². The zero-order chi connectivity index (χ0) is 15.6. The van der Waals surface area contributed by atoms with Crippen molar-refractivity contribution in [1.82, 2.24) is 9.97 Å². The third-order valence-electron chi connectivity index (χ3n) is 3.29. The number of hydrogen-bond acceptors (Lipinski definition) is 4. The first-order chi connectivity index (χ1) is 9.88. The van der Waals surface area contributed by atoms with Crippen LogP contribution in [0.15, 0.2) is 30.3 Å². The summed E-state index contributed by atoms with van der Waals surface area (Å²) in [5.74, 6) is -0.689. The van der Waals surface area contributed by atoms with E-state index in [4.69, 9.17) is 16.7 Å². The zero-order valence-electron chi connectivity index (χ0n) is 12.0. The molecule has 0 amide bonds. The summed E-state index contributed by atoms with van der Waals surface area (Å²) in [5.41, 5.74) is 1.61. The number of aromatic nitrogens is 2. The standard InChI is InChI=1S/C15H16ClN3O2/c1-9-7-13(14(20)21)18-15(17-9)19(3)10(2)11-5-4-6-12(16)8-11/h4-8,10H,1-3H3,(H,20,21). The van der Waals surface area contributed by atoms with Crippen molar-refractivity contribution >= 4 is 23.5 Å². The lowest BCUT2D eigenvalue weighted by Crippen LogP contribution is -2.24. The van der Waals surface area contributed by atoms with Crippen LogP contribution >= 0.6 is 11.6 Å². The normalized spacial score (nSPS) is 12.0. The smallest absolute Gasteiger partial charge is 0.354 e. The number of carboxylic acids is 1. The lowest BCUT2D eigenvalue weighted by atomic mass is 10.1. The number of benzene rings is 1. The Balaban J connectivity index is 2.35. The molecule has 2 aromatic rings. The van der Waals surface area contributed by atoms with E-state index in [1.807, 2.05) is 43.1 Å². The van der Waals surface area contributed by atoms with Gasteiger partial charge in [0.2, 0.25) is 5.95 Å². The van der Waals surface area contributed by atoms with Crippen molar-refractivity contribution in [2.45, 2.75) is 19.9 Å². The van der Waals surface area contributed by atoms with Crippen molar-refractivity contribution in [3.63, 3.8) is 0 Å². The van der Waals surface area contributed by atoms with Crippen LogP contribution in [0.3, 0.4) is 0 Å². The first-order valence-electron chi connectivity index (χ1n) is 6.45. The monoisotopic (exact) mass is 305 g/mol. The van der Waals surface area contributed by atoms with Crippen molar-refractivity contribution in [3.8, 4) is 0 Å². The lowest BCUT2D eigenvalue weighted by molar-refractivity contribution is 0.0690. The highest BCUT2D eigenvalue weighted by atomic mass is 35.5. The summed E-state index contributed by atoms with van der Waals surface area (Å²) in [5, 5.41) is 9.74. The Morgan fingerprint density at radius 2 is 2.05 bits per heavy atom. The van der Waals surface area contributed by atoms with Crippen LogP contribution in [-0.4, -0.2) is 28.1 Å². The second kappa shape index (κ2) is 6.10. The maximum absolute atomic E-state index is 11.1. The van der Waals surface area contributed by atoms with Gasteiger partial charge in [0.15, 0.2) is 5.69 Å². The highest BCUT2D eigenvalue weighted by Gasteiger charge is 2.17. The van der Waals surface area contributed by atoms with Crippen LogP contribution in [0.1, 0.15) is 34.7 Å². The molecule has 110 valence electrons.